The van der Waals surface area contributed by atoms with Crippen molar-refractivity contribution < 1.29 is 4.79 Å². The van der Waals surface area contributed by atoms with Gasteiger partial charge in [-0.1, -0.05) is 38.2 Å². The fourth-order valence-corrected chi connectivity index (χ4v) is 1.82. The Kier molecular flexibility index (Phi) is 4.06. The highest BCUT2D eigenvalue weighted by atomic mass is 16.1. The van der Waals surface area contributed by atoms with Crippen molar-refractivity contribution in [3.8, 4) is 0 Å². The maximum Gasteiger partial charge on any atom is 0.145 e. The van der Waals surface area contributed by atoms with Gasteiger partial charge in [-0.15, -0.1) is 0 Å². The zero-order chi connectivity index (χ0) is 8.81. The smallest absolute Gasteiger partial charge is 0.145 e. The minimum Gasteiger partial charge on any atom is -0.298 e. The summed E-state index contributed by atoms with van der Waals surface area (Å²) in [6.45, 7) is 1.88. The van der Waals surface area contributed by atoms with Gasteiger partial charge in [-0.3, -0.25) is 4.79 Å². The summed E-state index contributed by atoms with van der Waals surface area (Å²) in [5.41, 5.74) is 0.889. The van der Waals surface area contributed by atoms with E-state index in [-0.39, 0.29) is 0 Å². The third kappa shape index (κ3) is 3.21. The van der Waals surface area contributed by atoms with Gasteiger partial charge in [0.15, 0.2) is 0 Å². The Bertz CT molecular complexity index is 164. The second-order valence-corrected chi connectivity index (χ2v) is 3.81. The van der Waals surface area contributed by atoms with Gasteiger partial charge in [-0.05, 0) is 24.8 Å². The summed E-state index contributed by atoms with van der Waals surface area (Å²) >= 11 is 0. The van der Waals surface area contributed by atoms with Crippen molar-refractivity contribution in [3.05, 3.63) is 11.6 Å². The first-order valence-corrected chi connectivity index (χ1v) is 4.95. The molecular formula is C11H18O. The number of hydrogen-bond donors (Lipinski definition) is 0. The van der Waals surface area contributed by atoms with Gasteiger partial charge in [0, 0.05) is 0 Å². The van der Waals surface area contributed by atoms with Crippen LogP contribution in [0.2, 0.25) is 0 Å². The van der Waals surface area contributed by atoms with Crippen LogP contribution in [0, 0.1) is 5.92 Å². The zero-order valence-electron chi connectivity index (χ0n) is 7.88. The van der Waals surface area contributed by atoms with Crippen molar-refractivity contribution in [1.82, 2.24) is 0 Å². The fraction of sp³-hybridized carbons (Fsp3) is 0.727. The molecule has 1 saturated carbocycles. The molecule has 68 valence electrons. The lowest BCUT2D eigenvalue weighted by molar-refractivity contribution is -0.104. The van der Waals surface area contributed by atoms with Gasteiger partial charge in [0.2, 0.25) is 0 Å². The zero-order valence-corrected chi connectivity index (χ0v) is 7.88. The maximum atomic E-state index is 10.3. The van der Waals surface area contributed by atoms with Gasteiger partial charge < -0.3 is 0 Å². The number of aldehydes is 1. The van der Waals surface area contributed by atoms with E-state index in [2.05, 4.69) is 6.08 Å². The van der Waals surface area contributed by atoms with Crippen LogP contribution in [0.1, 0.15) is 45.4 Å². The molecule has 0 saturated heterocycles. The van der Waals surface area contributed by atoms with Crippen molar-refractivity contribution >= 4 is 6.29 Å². The van der Waals surface area contributed by atoms with Gasteiger partial charge >= 0.3 is 0 Å². The molecule has 0 atom stereocenters. The number of carbonyl (C=O) groups excluding carboxylic acids is 1. The summed E-state index contributed by atoms with van der Waals surface area (Å²) in [6.07, 6.45) is 11.1. The van der Waals surface area contributed by atoms with E-state index in [1.807, 2.05) is 6.92 Å². The highest BCUT2D eigenvalue weighted by Gasteiger charge is 2.11. The van der Waals surface area contributed by atoms with Crippen LogP contribution in [0.5, 0.6) is 0 Å². The molecule has 0 heterocycles. The number of rotatable bonds is 3. The lowest BCUT2D eigenvalue weighted by atomic mass is 9.86. The van der Waals surface area contributed by atoms with Crippen LogP contribution in [0.4, 0.5) is 0 Å². The first kappa shape index (κ1) is 9.50. The van der Waals surface area contributed by atoms with Crippen molar-refractivity contribution in [2.75, 3.05) is 0 Å². The molecule has 0 amide bonds. The average molecular weight is 166 g/mol. The summed E-state index contributed by atoms with van der Waals surface area (Å²) in [7, 11) is 0. The van der Waals surface area contributed by atoms with E-state index in [4.69, 9.17) is 0 Å². The molecule has 1 heteroatoms. The third-order valence-electron chi connectivity index (χ3n) is 2.68. The predicted molar refractivity (Wildman–Crippen MR) is 51.0 cm³/mol. The summed E-state index contributed by atoms with van der Waals surface area (Å²) in [5.74, 6) is 0.855. The van der Waals surface area contributed by atoms with Gasteiger partial charge in [-0.25, -0.2) is 0 Å². The summed E-state index contributed by atoms with van der Waals surface area (Å²) in [4.78, 5) is 10.3. The van der Waals surface area contributed by atoms with E-state index in [1.165, 1.54) is 32.1 Å². The van der Waals surface area contributed by atoms with Crippen LogP contribution >= 0.6 is 0 Å². The summed E-state index contributed by atoms with van der Waals surface area (Å²) < 4.78 is 0. The molecule has 0 aromatic rings. The van der Waals surface area contributed by atoms with Crippen LogP contribution in [-0.2, 0) is 4.79 Å². The van der Waals surface area contributed by atoms with Crippen LogP contribution in [-0.4, -0.2) is 6.29 Å². The second-order valence-electron chi connectivity index (χ2n) is 3.81. The van der Waals surface area contributed by atoms with Gasteiger partial charge in [0.1, 0.15) is 6.29 Å². The first-order chi connectivity index (χ1) is 5.83. The number of hydrogen-bond acceptors (Lipinski definition) is 1. The van der Waals surface area contributed by atoms with Crippen LogP contribution in [0.15, 0.2) is 11.6 Å². The predicted octanol–water partition coefficient (Wildman–Crippen LogP) is 3.10. The van der Waals surface area contributed by atoms with Crippen molar-refractivity contribution in [2.45, 2.75) is 45.4 Å². The highest BCUT2D eigenvalue weighted by molar-refractivity contribution is 5.71. The maximum absolute atomic E-state index is 10.3. The SMILES string of the molecule is C/C(C=O)=C\CC1CCCCC1. The fourth-order valence-electron chi connectivity index (χ4n) is 1.82. The van der Waals surface area contributed by atoms with Crippen LogP contribution in [0.3, 0.4) is 0 Å². The lowest BCUT2D eigenvalue weighted by Gasteiger charge is -2.19. The van der Waals surface area contributed by atoms with Gasteiger partial charge in [0.25, 0.3) is 0 Å². The molecule has 0 N–H and O–H groups in total. The van der Waals surface area contributed by atoms with E-state index >= 15 is 0 Å². The molecule has 12 heavy (non-hydrogen) atoms. The lowest BCUT2D eigenvalue weighted by Crippen LogP contribution is -2.04. The topological polar surface area (TPSA) is 17.1 Å². The molecule has 1 fully saturated rings. The average Bonchev–Trinajstić information content (AvgIpc) is 2.16. The highest BCUT2D eigenvalue weighted by Crippen LogP contribution is 2.26. The van der Waals surface area contributed by atoms with E-state index in [0.29, 0.717) is 0 Å². The number of carbonyl (C=O) groups is 1. The Labute approximate surface area is 74.9 Å². The van der Waals surface area contributed by atoms with E-state index < -0.39 is 0 Å². The van der Waals surface area contributed by atoms with Crippen LogP contribution < -0.4 is 0 Å². The van der Waals surface area contributed by atoms with E-state index in [1.54, 1.807) is 0 Å². The van der Waals surface area contributed by atoms with Gasteiger partial charge in [-0.2, -0.15) is 0 Å². The normalized spacial score (nSPS) is 20.9. The number of allylic oxidation sites excluding steroid dienone is 2. The van der Waals surface area contributed by atoms with Crippen molar-refractivity contribution in [3.63, 3.8) is 0 Å². The molecule has 0 aliphatic heterocycles. The van der Waals surface area contributed by atoms with Crippen molar-refractivity contribution in [1.29, 1.82) is 0 Å². The standard InChI is InChI=1S/C11H18O/c1-10(9-12)7-8-11-5-3-2-4-6-11/h7,9,11H,2-6,8H2,1H3/b10-7+. The molecule has 0 aromatic carbocycles. The van der Waals surface area contributed by atoms with E-state index in [0.717, 1.165) is 24.2 Å². The summed E-state index contributed by atoms with van der Waals surface area (Å²) in [5, 5.41) is 0. The molecule has 0 spiro atoms. The molecule has 0 bridgehead atoms. The Morgan fingerprint density at radius 3 is 2.58 bits per heavy atom. The Morgan fingerprint density at radius 1 is 1.33 bits per heavy atom. The third-order valence-corrected chi connectivity index (χ3v) is 2.68. The molecule has 0 unspecified atom stereocenters. The largest absolute Gasteiger partial charge is 0.298 e. The Morgan fingerprint density at radius 2 is 2.00 bits per heavy atom. The molecule has 1 aliphatic carbocycles. The second kappa shape index (κ2) is 5.13. The molecular weight excluding hydrogens is 148 g/mol. The summed E-state index contributed by atoms with van der Waals surface area (Å²) in [6, 6.07) is 0. The van der Waals surface area contributed by atoms with Gasteiger partial charge in [0.05, 0.1) is 0 Å². The first-order valence-electron chi connectivity index (χ1n) is 4.95. The minimum atomic E-state index is 0.855. The van der Waals surface area contributed by atoms with Crippen molar-refractivity contribution in [2.24, 2.45) is 5.92 Å². The van der Waals surface area contributed by atoms with E-state index in [9.17, 15) is 4.79 Å². The molecule has 1 rings (SSSR count). The Balaban J connectivity index is 2.25. The molecule has 1 nitrogen and oxygen atoms in total. The van der Waals surface area contributed by atoms with Crippen LogP contribution in [0.25, 0.3) is 0 Å². The molecule has 0 radical (unpaired) electrons. The Hall–Kier alpha value is -0.590. The quantitative estimate of drug-likeness (QED) is 0.465. The molecule has 0 aromatic heterocycles. The monoisotopic (exact) mass is 166 g/mol. The molecule has 1 aliphatic rings. The minimum absolute atomic E-state index is 0.855.